The minimum Gasteiger partial charge on any atom is -0.355 e. The number of hydrogen-bond donors (Lipinski definition) is 2. The number of hydrogen-bond acceptors (Lipinski definition) is 3. The van der Waals surface area contributed by atoms with Gasteiger partial charge < -0.3 is 15.5 Å². The van der Waals surface area contributed by atoms with Gasteiger partial charge in [-0.3, -0.25) is 4.79 Å². The van der Waals surface area contributed by atoms with Crippen LogP contribution in [0.2, 0.25) is 0 Å². The molecule has 2 fully saturated rings. The minimum atomic E-state index is -0.143. The molecule has 0 aromatic carbocycles. The summed E-state index contributed by atoms with van der Waals surface area (Å²) in [5, 5.41) is 6.54. The van der Waals surface area contributed by atoms with Crippen LogP contribution in [0.3, 0.4) is 0 Å². The van der Waals surface area contributed by atoms with Gasteiger partial charge in [0.15, 0.2) is 0 Å². The van der Waals surface area contributed by atoms with Crippen molar-refractivity contribution in [2.75, 3.05) is 39.3 Å². The molecule has 0 saturated carbocycles. The molecule has 0 unspecified atom stereocenters. The van der Waals surface area contributed by atoms with E-state index >= 15 is 0 Å². The number of likely N-dealkylation sites (tertiary alicyclic amines) is 1. The van der Waals surface area contributed by atoms with Crippen LogP contribution >= 0.6 is 0 Å². The molecule has 2 rings (SSSR count). The van der Waals surface area contributed by atoms with Gasteiger partial charge in [0.1, 0.15) is 0 Å². The molecule has 19 heavy (non-hydrogen) atoms. The van der Waals surface area contributed by atoms with E-state index in [1.165, 1.54) is 25.9 Å². The van der Waals surface area contributed by atoms with E-state index in [2.05, 4.69) is 29.4 Å². The monoisotopic (exact) mass is 267 g/mol. The Morgan fingerprint density at radius 1 is 1.32 bits per heavy atom. The number of rotatable bonds is 4. The third-order valence-electron chi connectivity index (χ3n) is 4.96. The van der Waals surface area contributed by atoms with Crippen LogP contribution in [0.25, 0.3) is 0 Å². The Hall–Kier alpha value is -0.610. The predicted molar refractivity (Wildman–Crippen MR) is 78.1 cm³/mol. The lowest BCUT2D eigenvalue weighted by Crippen LogP contribution is -2.47. The molecule has 2 aliphatic rings. The van der Waals surface area contributed by atoms with Crippen molar-refractivity contribution in [3.63, 3.8) is 0 Å². The highest BCUT2D eigenvalue weighted by molar-refractivity contribution is 5.82. The maximum Gasteiger partial charge on any atom is 0.226 e. The molecule has 0 radical (unpaired) electrons. The van der Waals surface area contributed by atoms with E-state index in [1.807, 2.05) is 0 Å². The lowest BCUT2D eigenvalue weighted by Gasteiger charge is -2.34. The first-order valence-electron chi connectivity index (χ1n) is 7.85. The van der Waals surface area contributed by atoms with Gasteiger partial charge in [0.2, 0.25) is 5.91 Å². The lowest BCUT2D eigenvalue weighted by molar-refractivity contribution is -0.131. The Balaban J connectivity index is 1.71. The van der Waals surface area contributed by atoms with Gasteiger partial charge in [-0.2, -0.15) is 0 Å². The van der Waals surface area contributed by atoms with E-state index < -0.39 is 0 Å². The highest BCUT2D eigenvalue weighted by Crippen LogP contribution is 2.28. The molecule has 0 atom stereocenters. The standard InChI is InChI=1S/C15H29N3O/c1-3-18-10-4-13(5-11-18)12-17-14(19)15(2)6-8-16-9-7-15/h13,16H,3-12H2,1-2H3,(H,17,19). The second-order valence-electron chi connectivity index (χ2n) is 6.40. The molecule has 110 valence electrons. The molecule has 0 bridgehead atoms. The van der Waals surface area contributed by atoms with Gasteiger partial charge in [-0.05, 0) is 64.3 Å². The first-order valence-corrected chi connectivity index (χ1v) is 7.85. The normalized spacial score (nSPS) is 25.2. The molecule has 2 saturated heterocycles. The zero-order valence-corrected chi connectivity index (χ0v) is 12.5. The van der Waals surface area contributed by atoms with Crippen LogP contribution in [0.1, 0.15) is 39.5 Å². The van der Waals surface area contributed by atoms with Crippen molar-refractivity contribution in [1.82, 2.24) is 15.5 Å². The van der Waals surface area contributed by atoms with E-state index in [0.717, 1.165) is 39.0 Å². The van der Waals surface area contributed by atoms with Crippen molar-refractivity contribution in [2.24, 2.45) is 11.3 Å². The average molecular weight is 267 g/mol. The van der Waals surface area contributed by atoms with Crippen LogP contribution in [0.5, 0.6) is 0 Å². The smallest absolute Gasteiger partial charge is 0.226 e. The summed E-state index contributed by atoms with van der Waals surface area (Å²) < 4.78 is 0. The van der Waals surface area contributed by atoms with Gasteiger partial charge in [0.05, 0.1) is 0 Å². The van der Waals surface area contributed by atoms with E-state index in [9.17, 15) is 4.79 Å². The number of nitrogens with zero attached hydrogens (tertiary/aromatic N) is 1. The number of carbonyl (C=O) groups is 1. The molecule has 0 aromatic heterocycles. The largest absolute Gasteiger partial charge is 0.355 e. The average Bonchev–Trinajstić information content (AvgIpc) is 2.46. The summed E-state index contributed by atoms with van der Waals surface area (Å²) in [7, 11) is 0. The van der Waals surface area contributed by atoms with Crippen LogP contribution in [-0.4, -0.2) is 50.1 Å². The summed E-state index contributed by atoms with van der Waals surface area (Å²) >= 11 is 0. The van der Waals surface area contributed by atoms with Crippen LogP contribution < -0.4 is 10.6 Å². The molecule has 2 aliphatic heterocycles. The summed E-state index contributed by atoms with van der Waals surface area (Å²) in [6, 6.07) is 0. The molecular formula is C15H29N3O. The summed E-state index contributed by atoms with van der Waals surface area (Å²) in [6.07, 6.45) is 4.39. The Morgan fingerprint density at radius 2 is 1.95 bits per heavy atom. The second-order valence-corrected chi connectivity index (χ2v) is 6.40. The number of carbonyl (C=O) groups excluding carboxylic acids is 1. The molecule has 4 heteroatoms. The SMILES string of the molecule is CCN1CCC(CNC(=O)C2(C)CCNCC2)CC1. The number of nitrogens with one attached hydrogen (secondary N) is 2. The number of amides is 1. The molecular weight excluding hydrogens is 238 g/mol. The topological polar surface area (TPSA) is 44.4 Å². The third-order valence-corrected chi connectivity index (χ3v) is 4.96. The highest BCUT2D eigenvalue weighted by Gasteiger charge is 2.34. The highest BCUT2D eigenvalue weighted by atomic mass is 16.2. The van der Waals surface area contributed by atoms with Crippen molar-refractivity contribution in [2.45, 2.75) is 39.5 Å². The maximum absolute atomic E-state index is 12.3. The quantitative estimate of drug-likeness (QED) is 0.805. The van der Waals surface area contributed by atoms with Gasteiger partial charge in [-0.1, -0.05) is 13.8 Å². The Kier molecular flexibility index (Phi) is 5.22. The number of piperidine rings is 2. The molecule has 0 aliphatic carbocycles. The Bertz CT molecular complexity index is 292. The first-order chi connectivity index (χ1) is 9.14. The van der Waals surface area contributed by atoms with Crippen LogP contribution in [-0.2, 0) is 4.79 Å². The van der Waals surface area contributed by atoms with Gasteiger partial charge in [0, 0.05) is 12.0 Å². The van der Waals surface area contributed by atoms with Crippen molar-refractivity contribution in [1.29, 1.82) is 0 Å². The van der Waals surface area contributed by atoms with Crippen LogP contribution in [0.15, 0.2) is 0 Å². The van der Waals surface area contributed by atoms with Crippen molar-refractivity contribution in [3.8, 4) is 0 Å². The summed E-state index contributed by atoms with van der Waals surface area (Å²) in [5.74, 6) is 0.948. The van der Waals surface area contributed by atoms with Crippen molar-refractivity contribution >= 4 is 5.91 Å². The molecule has 0 spiro atoms. The molecule has 4 nitrogen and oxygen atoms in total. The summed E-state index contributed by atoms with van der Waals surface area (Å²) in [5.41, 5.74) is -0.143. The Labute approximate surface area is 117 Å². The fraction of sp³-hybridized carbons (Fsp3) is 0.933. The zero-order chi connectivity index (χ0) is 13.7. The van der Waals surface area contributed by atoms with Gasteiger partial charge in [0.25, 0.3) is 0 Å². The fourth-order valence-corrected chi connectivity index (χ4v) is 3.16. The minimum absolute atomic E-state index is 0.143. The molecule has 2 N–H and O–H groups in total. The van der Waals surface area contributed by atoms with Crippen molar-refractivity contribution in [3.05, 3.63) is 0 Å². The van der Waals surface area contributed by atoms with E-state index in [0.29, 0.717) is 5.92 Å². The van der Waals surface area contributed by atoms with Gasteiger partial charge in [-0.15, -0.1) is 0 Å². The third kappa shape index (κ3) is 3.93. The van der Waals surface area contributed by atoms with E-state index in [-0.39, 0.29) is 11.3 Å². The lowest BCUT2D eigenvalue weighted by atomic mass is 9.80. The van der Waals surface area contributed by atoms with E-state index in [1.54, 1.807) is 0 Å². The summed E-state index contributed by atoms with van der Waals surface area (Å²) in [4.78, 5) is 14.8. The van der Waals surface area contributed by atoms with Gasteiger partial charge in [-0.25, -0.2) is 0 Å². The molecule has 2 heterocycles. The first kappa shape index (κ1) is 14.8. The second kappa shape index (κ2) is 6.71. The van der Waals surface area contributed by atoms with Crippen LogP contribution in [0.4, 0.5) is 0 Å². The Morgan fingerprint density at radius 3 is 2.53 bits per heavy atom. The zero-order valence-electron chi connectivity index (χ0n) is 12.5. The molecule has 1 amide bonds. The van der Waals surface area contributed by atoms with Gasteiger partial charge >= 0.3 is 0 Å². The fourth-order valence-electron chi connectivity index (χ4n) is 3.16. The maximum atomic E-state index is 12.3. The summed E-state index contributed by atoms with van der Waals surface area (Å²) in [6.45, 7) is 10.7. The van der Waals surface area contributed by atoms with Crippen LogP contribution in [0, 0.1) is 11.3 Å². The molecule has 0 aromatic rings. The van der Waals surface area contributed by atoms with Crippen molar-refractivity contribution < 1.29 is 4.79 Å². The predicted octanol–water partition coefficient (Wildman–Crippen LogP) is 1.22. The van der Waals surface area contributed by atoms with E-state index in [4.69, 9.17) is 0 Å².